The second kappa shape index (κ2) is 6.05. The smallest absolute Gasteiger partial charge is 0.0673 e. The van der Waals surface area contributed by atoms with Crippen LogP contribution >= 0.6 is 0 Å². The second-order valence-electron chi connectivity index (χ2n) is 9.79. The Morgan fingerprint density at radius 1 is 0.778 bits per heavy atom. The van der Waals surface area contributed by atoms with E-state index in [1.54, 1.807) is 0 Å². The Morgan fingerprint density at radius 3 is 2.15 bits per heavy atom. The van der Waals surface area contributed by atoms with Gasteiger partial charge in [0.25, 0.3) is 0 Å². The molecule has 0 amide bonds. The summed E-state index contributed by atoms with van der Waals surface area (Å²) >= 11 is 0. The first-order chi connectivity index (χ1) is 12.6. The number of aliphatic imine (C=N–C) groups is 1. The summed E-state index contributed by atoms with van der Waals surface area (Å²) in [5.74, 6) is 0. The first-order valence-corrected chi connectivity index (χ1v) is 9.88. The molecular weight excluding hydrogens is 326 g/mol. The quantitative estimate of drug-likeness (QED) is 0.441. The fourth-order valence-corrected chi connectivity index (χ4v) is 4.05. The number of benzene rings is 3. The number of hydrogen-bond donors (Lipinski definition) is 0. The molecule has 0 saturated heterocycles. The standard InChI is InChI=1S/C26H29N/c1-25(2,3)19-13-14-21(26(4,5)6)23(16-19)27-22-15-18-11-7-9-17-10-8-12-20(22)24(17)18/h7-14,16H,15H2,1-6H3. The van der Waals surface area contributed by atoms with E-state index in [9.17, 15) is 0 Å². The molecule has 4 rings (SSSR count). The normalized spacial score (nSPS) is 15.7. The van der Waals surface area contributed by atoms with Gasteiger partial charge in [0.2, 0.25) is 0 Å². The zero-order chi connectivity index (χ0) is 19.4. The predicted octanol–water partition coefficient (Wildman–Crippen LogP) is 7.11. The van der Waals surface area contributed by atoms with Crippen LogP contribution in [0.5, 0.6) is 0 Å². The molecule has 3 aromatic carbocycles. The summed E-state index contributed by atoms with van der Waals surface area (Å²) in [6, 6.07) is 20.0. The molecule has 0 fully saturated rings. The van der Waals surface area contributed by atoms with Crippen LogP contribution in [0.2, 0.25) is 0 Å². The maximum Gasteiger partial charge on any atom is 0.0673 e. The summed E-state index contributed by atoms with van der Waals surface area (Å²) in [7, 11) is 0. The Balaban J connectivity index is 1.91. The monoisotopic (exact) mass is 355 g/mol. The van der Waals surface area contributed by atoms with Crippen molar-refractivity contribution in [2.45, 2.75) is 58.8 Å². The zero-order valence-electron chi connectivity index (χ0n) is 17.4. The molecule has 0 saturated carbocycles. The van der Waals surface area contributed by atoms with Crippen LogP contribution in [0.4, 0.5) is 5.69 Å². The molecular formula is C26H29N. The lowest BCUT2D eigenvalue weighted by atomic mass is 9.81. The highest BCUT2D eigenvalue weighted by molar-refractivity contribution is 6.18. The van der Waals surface area contributed by atoms with Gasteiger partial charge >= 0.3 is 0 Å². The summed E-state index contributed by atoms with van der Waals surface area (Å²) in [6.45, 7) is 13.6. The zero-order valence-corrected chi connectivity index (χ0v) is 17.4. The van der Waals surface area contributed by atoms with Crippen LogP contribution < -0.4 is 0 Å². The molecule has 0 radical (unpaired) electrons. The van der Waals surface area contributed by atoms with Crippen LogP contribution in [0.1, 0.15) is 63.8 Å². The van der Waals surface area contributed by atoms with Crippen molar-refractivity contribution in [2.75, 3.05) is 0 Å². The molecule has 0 N–H and O–H groups in total. The van der Waals surface area contributed by atoms with Crippen molar-refractivity contribution in [1.82, 2.24) is 0 Å². The van der Waals surface area contributed by atoms with Gasteiger partial charge in [-0.3, -0.25) is 4.99 Å². The lowest BCUT2D eigenvalue weighted by molar-refractivity contribution is 0.578. The van der Waals surface area contributed by atoms with Crippen molar-refractivity contribution in [3.63, 3.8) is 0 Å². The molecule has 3 aromatic rings. The fraction of sp³-hybridized carbons (Fsp3) is 0.346. The van der Waals surface area contributed by atoms with Gasteiger partial charge < -0.3 is 0 Å². The Bertz CT molecular complexity index is 1050. The Kier molecular flexibility index (Phi) is 4.03. The van der Waals surface area contributed by atoms with E-state index in [4.69, 9.17) is 4.99 Å². The predicted molar refractivity (Wildman–Crippen MR) is 118 cm³/mol. The molecule has 0 unspecified atom stereocenters. The molecule has 0 spiro atoms. The van der Waals surface area contributed by atoms with Gasteiger partial charge in [0, 0.05) is 12.0 Å². The first-order valence-electron chi connectivity index (χ1n) is 9.88. The van der Waals surface area contributed by atoms with E-state index in [1.807, 2.05) is 0 Å². The maximum absolute atomic E-state index is 5.26. The van der Waals surface area contributed by atoms with E-state index >= 15 is 0 Å². The second-order valence-corrected chi connectivity index (χ2v) is 9.79. The van der Waals surface area contributed by atoms with Gasteiger partial charge in [-0.15, -0.1) is 0 Å². The van der Waals surface area contributed by atoms with Gasteiger partial charge in [-0.25, -0.2) is 0 Å². The highest BCUT2D eigenvalue weighted by Crippen LogP contribution is 2.38. The molecule has 0 atom stereocenters. The van der Waals surface area contributed by atoms with Crippen LogP contribution in [0.15, 0.2) is 59.6 Å². The molecule has 0 aliphatic heterocycles. The van der Waals surface area contributed by atoms with E-state index in [0.29, 0.717) is 0 Å². The molecule has 1 nitrogen and oxygen atoms in total. The van der Waals surface area contributed by atoms with E-state index in [1.165, 1.54) is 38.7 Å². The Morgan fingerprint density at radius 2 is 1.48 bits per heavy atom. The number of rotatable bonds is 1. The van der Waals surface area contributed by atoms with Crippen LogP contribution in [0.25, 0.3) is 10.8 Å². The average Bonchev–Trinajstić information content (AvgIpc) is 2.93. The summed E-state index contributed by atoms with van der Waals surface area (Å²) in [5.41, 5.74) is 7.83. The average molecular weight is 356 g/mol. The minimum Gasteiger partial charge on any atom is -0.252 e. The van der Waals surface area contributed by atoms with E-state index in [-0.39, 0.29) is 10.8 Å². The molecule has 0 heterocycles. The van der Waals surface area contributed by atoms with Crippen molar-refractivity contribution in [2.24, 2.45) is 4.99 Å². The van der Waals surface area contributed by atoms with Gasteiger partial charge in [0.1, 0.15) is 0 Å². The molecule has 0 bridgehead atoms. The summed E-state index contributed by atoms with van der Waals surface area (Å²) in [6.07, 6.45) is 0.917. The Hall–Kier alpha value is -2.41. The van der Waals surface area contributed by atoms with Crippen molar-refractivity contribution in [1.29, 1.82) is 0 Å². The topological polar surface area (TPSA) is 12.4 Å². The molecule has 1 aliphatic carbocycles. The van der Waals surface area contributed by atoms with E-state index < -0.39 is 0 Å². The highest BCUT2D eigenvalue weighted by atomic mass is 14.8. The van der Waals surface area contributed by atoms with Crippen LogP contribution in [0.3, 0.4) is 0 Å². The highest BCUT2D eigenvalue weighted by Gasteiger charge is 2.24. The van der Waals surface area contributed by atoms with Gasteiger partial charge in [-0.05, 0) is 44.4 Å². The van der Waals surface area contributed by atoms with Crippen LogP contribution in [0, 0.1) is 0 Å². The summed E-state index contributed by atoms with van der Waals surface area (Å²) in [5, 5.41) is 2.69. The summed E-state index contributed by atoms with van der Waals surface area (Å²) < 4.78 is 0. The van der Waals surface area contributed by atoms with Crippen molar-refractivity contribution in [3.8, 4) is 0 Å². The largest absolute Gasteiger partial charge is 0.252 e. The molecule has 1 aliphatic rings. The minimum absolute atomic E-state index is 0.0628. The van der Waals surface area contributed by atoms with Crippen molar-refractivity contribution >= 4 is 22.2 Å². The summed E-state index contributed by atoms with van der Waals surface area (Å²) in [4.78, 5) is 5.26. The van der Waals surface area contributed by atoms with E-state index in [2.05, 4.69) is 96.1 Å². The third-order valence-corrected chi connectivity index (χ3v) is 5.59. The SMILES string of the molecule is CC(C)(C)c1ccc(C(C)(C)C)c(N=C2Cc3cccc4cccc2c34)c1. The lowest BCUT2D eigenvalue weighted by Crippen LogP contribution is -2.15. The fourth-order valence-electron chi connectivity index (χ4n) is 4.05. The lowest BCUT2D eigenvalue weighted by Gasteiger charge is -2.25. The van der Waals surface area contributed by atoms with Crippen LogP contribution in [-0.2, 0) is 17.3 Å². The van der Waals surface area contributed by atoms with Crippen LogP contribution in [-0.4, -0.2) is 5.71 Å². The third-order valence-electron chi connectivity index (χ3n) is 5.59. The van der Waals surface area contributed by atoms with Gasteiger partial charge in [0.05, 0.1) is 11.4 Å². The molecule has 27 heavy (non-hydrogen) atoms. The third kappa shape index (κ3) is 3.20. The number of nitrogens with zero attached hydrogens (tertiary/aromatic N) is 1. The van der Waals surface area contributed by atoms with Gasteiger partial charge in [-0.1, -0.05) is 90.1 Å². The Labute approximate surface area is 163 Å². The van der Waals surface area contributed by atoms with E-state index in [0.717, 1.165) is 12.1 Å². The van der Waals surface area contributed by atoms with Crippen molar-refractivity contribution in [3.05, 3.63) is 76.9 Å². The van der Waals surface area contributed by atoms with Gasteiger partial charge in [0.15, 0.2) is 0 Å². The molecule has 0 aromatic heterocycles. The van der Waals surface area contributed by atoms with Gasteiger partial charge in [-0.2, -0.15) is 0 Å². The maximum atomic E-state index is 5.26. The molecule has 1 heteroatoms. The first kappa shape index (κ1) is 18.0. The number of hydrogen-bond acceptors (Lipinski definition) is 1. The molecule has 138 valence electrons. The minimum atomic E-state index is 0.0628. The van der Waals surface area contributed by atoms with Crippen molar-refractivity contribution < 1.29 is 0 Å².